The van der Waals surface area contributed by atoms with E-state index in [0.717, 1.165) is 50.9 Å². The molecule has 0 radical (unpaired) electrons. The lowest BCUT2D eigenvalue weighted by molar-refractivity contribution is -0.108. The number of aromatic hydroxyl groups is 1. The predicted molar refractivity (Wildman–Crippen MR) is 106 cm³/mol. The molecule has 0 saturated carbocycles. The van der Waals surface area contributed by atoms with E-state index in [1.54, 1.807) is 6.07 Å². The second-order valence-corrected chi connectivity index (χ2v) is 7.00. The molecule has 5 rings (SSSR count). The molecule has 1 atom stereocenters. The van der Waals surface area contributed by atoms with Crippen LogP contribution < -0.4 is 19.1 Å². The number of hydrogen-bond acceptors (Lipinski definition) is 6. The summed E-state index contributed by atoms with van der Waals surface area (Å²) in [6.07, 6.45) is 1.18. The maximum Gasteiger partial charge on any atom is 0.231 e. The molecule has 0 aromatic heterocycles. The number of phenolic OH excluding ortho intramolecular Hbond substituents is 1. The molecule has 2 aliphatic rings. The number of carbonyl (C=O) groups is 1. The van der Waals surface area contributed by atoms with Gasteiger partial charge in [-0.1, -0.05) is 12.1 Å². The van der Waals surface area contributed by atoms with Crippen LogP contribution in [0.2, 0.25) is 0 Å². The van der Waals surface area contributed by atoms with Gasteiger partial charge in [-0.15, -0.1) is 0 Å². The van der Waals surface area contributed by atoms with Crippen LogP contribution in [0.25, 0.3) is 21.9 Å². The fraction of sp³-hybridized carbons (Fsp3) is 0.227. The van der Waals surface area contributed by atoms with Gasteiger partial charge in [0.2, 0.25) is 6.79 Å². The van der Waals surface area contributed by atoms with Crippen molar-refractivity contribution in [2.75, 3.05) is 25.9 Å². The Labute approximate surface area is 161 Å². The topological polar surface area (TPSA) is 68.2 Å². The van der Waals surface area contributed by atoms with Gasteiger partial charge in [0, 0.05) is 30.0 Å². The molecule has 0 amide bonds. The molecule has 0 saturated heterocycles. The van der Waals surface area contributed by atoms with Crippen molar-refractivity contribution in [3.8, 4) is 34.1 Å². The summed E-state index contributed by atoms with van der Waals surface area (Å²) in [5.41, 5.74) is 3.81. The van der Waals surface area contributed by atoms with Crippen molar-refractivity contribution >= 4 is 22.7 Å². The average Bonchev–Trinajstić information content (AvgIpc) is 3.16. The van der Waals surface area contributed by atoms with Gasteiger partial charge in [0.25, 0.3) is 0 Å². The minimum atomic E-state index is -0.252. The van der Waals surface area contributed by atoms with Crippen LogP contribution in [0.15, 0.2) is 36.4 Å². The van der Waals surface area contributed by atoms with Crippen molar-refractivity contribution in [1.29, 1.82) is 0 Å². The maximum absolute atomic E-state index is 11.5. The zero-order chi connectivity index (χ0) is 19.4. The monoisotopic (exact) mass is 377 g/mol. The van der Waals surface area contributed by atoms with Gasteiger partial charge < -0.3 is 29.0 Å². The van der Waals surface area contributed by atoms with Gasteiger partial charge in [-0.3, -0.25) is 0 Å². The van der Waals surface area contributed by atoms with E-state index in [-0.39, 0.29) is 25.0 Å². The molecule has 6 heteroatoms. The number of anilines is 1. The molecule has 2 heterocycles. The van der Waals surface area contributed by atoms with E-state index in [0.29, 0.717) is 5.75 Å². The molecule has 0 spiro atoms. The van der Waals surface area contributed by atoms with Gasteiger partial charge in [0.1, 0.15) is 6.29 Å². The van der Waals surface area contributed by atoms with Crippen LogP contribution in [0.5, 0.6) is 23.0 Å². The molecular weight excluding hydrogens is 358 g/mol. The SMILES string of the molecule is COc1c(O)ccc2c1C(CC=O)N(C)c1c-2ccc2cc3c(cc12)OCO3. The Morgan fingerprint density at radius 1 is 1.18 bits per heavy atom. The summed E-state index contributed by atoms with van der Waals surface area (Å²) >= 11 is 0. The van der Waals surface area contributed by atoms with Gasteiger partial charge in [0.15, 0.2) is 23.0 Å². The first-order valence-corrected chi connectivity index (χ1v) is 9.07. The molecule has 3 aromatic rings. The number of benzene rings is 3. The summed E-state index contributed by atoms with van der Waals surface area (Å²) in [7, 11) is 3.49. The lowest BCUT2D eigenvalue weighted by atomic mass is 9.84. The predicted octanol–water partition coefficient (Wildman–Crippen LogP) is 4.03. The van der Waals surface area contributed by atoms with Gasteiger partial charge in [0.05, 0.1) is 18.8 Å². The van der Waals surface area contributed by atoms with Crippen LogP contribution in [0.3, 0.4) is 0 Å². The molecular formula is C22H19NO5. The highest BCUT2D eigenvalue weighted by Crippen LogP contribution is 2.53. The lowest BCUT2D eigenvalue weighted by Crippen LogP contribution is -2.29. The number of fused-ring (bicyclic) bond motifs is 6. The highest BCUT2D eigenvalue weighted by atomic mass is 16.7. The third-order valence-corrected chi connectivity index (χ3v) is 5.63. The molecule has 0 bridgehead atoms. The normalized spacial score (nSPS) is 16.6. The van der Waals surface area contributed by atoms with E-state index >= 15 is 0 Å². The van der Waals surface area contributed by atoms with Crippen molar-refractivity contribution in [3.63, 3.8) is 0 Å². The van der Waals surface area contributed by atoms with E-state index in [4.69, 9.17) is 14.2 Å². The van der Waals surface area contributed by atoms with E-state index in [9.17, 15) is 9.90 Å². The van der Waals surface area contributed by atoms with Crippen molar-refractivity contribution in [2.45, 2.75) is 12.5 Å². The first kappa shape index (κ1) is 16.7. The summed E-state index contributed by atoms with van der Waals surface area (Å²) in [4.78, 5) is 13.6. The van der Waals surface area contributed by atoms with Crippen molar-refractivity contribution in [1.82, 2.24) is 0 Å². The van der Waals surface area contributed by atoms with Gasteiger partial charge >= 0.3 is 0 Å². The molecule has 3 aromatic carbocycles. The number of rotatable bonds is 3. The van der Waals surface area contributed by atoms with Crippen molar-refractivity contribution in [2.24, 2.45) is 0 Å². The fourth-order valence-corrected chi connectivity index (χ4v) is 4.38. The highest BCUT2D eigenvalue weighted by molar-refractivity contribution is 6.05. The summed E-state index contributed by atoms with van der Waals surface area (Å²) in [5, 5.41) is 12.4. The second kappa shape index (κ2) is 6.05. The van der Waals surface area contributed by atoms with Crippen LogP contribution in [-0.4, -0.2) is 32.3 Å². The van der Waals surface area contributed by atoms with Gasteiger partial charge in [-0.25, -0.2) is 0 Å². The third-order valence-electron chi connectivity index (χ3n) is 5.63. The Balaban J connectivity index is 1.85. The number of methoxy groups -OCH3 is 1. The molecule has 6 nitrogen and oxygen atoms in total. The maximum atomic E-state index is 11.5. The van der Waals surface area contributed by atoms with Crippen molar-refractivity contribution in [3.05, 3.63) is 42.0 Å². The van der Waals surface area contributed by atoms with E-state index in [2.05, 4.69) is 11.0 Å². The lowest BCUT2D eigenvalue weighted by Gasteiger charge is -2.38. The number of ether oxygens (including phenoxy) is 3. The van der Waals surface area contributed by atoms with E-state index in [1.807, 2.05) is 31.3 Å². The van der Waals surface area contributed by atoms with Gasteiger partial charge in [-0.2, -0.15) is 0 Å². The Bertz CT molecular complexity index is 1120. The largest absolute Gasteiger partial charge is 0.504 e. The molecule has 1 unspecified atom stereocenters. The first-order valence-electron chi connectivity index (χ1n) is 9.07. The van der Waals surface area contributed by atoms with Crippen LogP contribution >= 0.6 is 0 Å². The summed E-state index contributed by atoms with van der Waals surface area (Å²) in [6, 6.07) is 11.3. The Morgan fingerprint density at radius 3 is 2.68 bits per heavy atom. The Kier molecular flexibility index (Phi) is 3.62. The average molecular weight is 377 g/mol. The molecule has 1 N–H and O–H groups in total. The van der Waals surface area contributed by atoms with Crippen LogP contribution in [0, 0.1) is 0 Å². The number of carbonyl (C=O) groups excluding carboxylic acids is 1. The molecule has 142 valence electrons. The molecule has 28 heavy (non-hydrogen) atoms. The number of phenols is 1. The zero-order valence-electron chi connectivity index (χ0n) is 15.6. The summed E-state index contributed by atoms with van der Waals surface area (Å²) < 4.78 is 16.6. The molecule has 0 fully saturated rings. The highest BCUT2D eigenvalue weighted by Gasteiger charge is 2.34. The quantitative estimate of drug-likeness (QED) is 0.695. The zero-order valence-corrected chi connectivity index (χ0v) is 15.6. The minimum absolute atomic E-state index is 0.0677. The van der Waals surface area contributed by atoms with Crippen LogP contribution in [-0.2, 0) is 4.79 Å². The number of hydrogen-bond donors (Lipinski definition) is 1. The Hall–Kier alpha value is -3.41. The fourth-order valence-electron chi connectivity index (χ4n) is 4.38. The van der Waals surface area contributed by atoms with E-state index < -0.39 is 0 Å². The summed E-state index contributed by atoms with van der Waals surface area (Å²) in [5.74, 6) is 1.93. The number of nitrogens with zero attached hydrogens (tertiary/aromatic N) is 1. The van der Waals surface area contributed by atoms with Crippen molar-refractivity contribution < 1.29 is 24.1 Å². The minimum Gasteiger partial charge on any atom is -0.504 e. The Morgan fingerprint density at radius 2 is 1.93 bits per heavy atom. The number of aldehydes is 1. The van der Waals surface area contributed by atoms with Gasteiger partial charge in [-0.05, 0) is 35.2 Å². The smallest absolute Gasteiger partial charge is 0.231 e. The second-order valence-electron chi connectivity index (χ2n) is 7.00. The molecule has 0 aliphatic carbocycles. The molecule has 2 aliphatic heterocycles. The van der Waals surface area contributed by atoms with Crippen LogP contribution in [0.1, 0.15) is 18.0 Å². The standard InChI is InChI=1S/C22H19NO5/c1-23-16(7-8-24)20-13(5-6-17(25)22(20)26-2)14-4-3-12-9-18-19(28-11-27-18)10-15(12)21(14)23/h3-6,8-10,16,25H,7,11H2,1-2H3. The van der Waals surface area contributed by atoms with E-state index in [1.165, 1.54) is 7.11 Å². The third kappa shape index (κ3) is 2.17. The first-order chi connectivity index (χ1) is 13.6. The van der Waals surface area contributed by atoms with Crippen LogP contribution in [0.4, 0.5) is 5.69 Å². The summed E-state index contributed by atoms with van der Waals surface area (Å²) in [6.45, 7) is 0.219.